The van der Waals surface area contributed by atoms with Gasteiger partial charge < -0.3 is 11.1 Å². The molecule has 0 unspecified atom stereocenters. The minimum absolute atomic E-state index is 0. The molecule has 0 spiro atoms. The van der Waals surface area contributed by atoms with Crippen molar-refractivity contribution in [3.63, 3.8) is 0 Å². The Hall–Kier alpha value is 0.250. The van der Waals surface area contributed by atoms with Gasteiger partial charge in [-0.25, -0.2) is 5.57 Å². The van der Waals surface area contributed by atoms with Crippen LogP contribution >= 0.6 is 0 Å². The van der Waals surface area contributed by atoms with E-state index in [0.717, 1.165) is 24.8 Å². The van der Waals surface area contributed by atoms with E-state index in [1.165, 1.54) is 0 Å². The Balaban J connectivity index is 0. The van der Waals surface area contributed by atoms with Crippen molar-refractivity contribution < 1.29 is 26.2 Å². The van der Waals surface area contributed by atoms with Gasteiger partial charge in [-0.2, -0.15) is 0 Å². The van der Waals surface area contributed by atoms with Gasteiger partial charge in [-0.1, -0.05) is 32.1 Å². The molecule has 3 heteroatoms. The largest absolute Gasteiger partial charge is 2.00 e. The summed E-state index contributed by atoms with van der Waals surface area (Å²) in [6.07, 6.45) is 24.9. The van der Waals surface area contributed by atoms with Crippen molar-refractivity contribution in [2.24, 2.45) is 0 Å². The van der Waals surface area contributed by atoms with Crippen LogP contribution in [0.1, 0.15) is 26.2 Å². The summed E-state index contributed by atoms with van der Waals surface area (Å²) in [6, 6.07) is 0. The van der Waals surface area contributed by atoms with Gasteiger partial charge in [0.05, 0.1) is 0 Å². The van der Waals surface area contributed by atoms with Crippen LogP contribution in [0.5, 0.6) is 0 Å². The van der Waals surface area contributed by atoms with Crippen LogP contribution in [-0.2, 0) is 26.2 Å². The van der Waals surface area contributed by atoms with E-state index < -0.39 is 8.07 Å². The molecular formula is C22H31NSiZr. The molecule has 10 radical (unpaired) electrons. The summed E-state index contributed by atoms with van der Waals surface area (Å²) in [5.74, 6) is 0. The quantitative estimate of drug-likeness (QED) is 0.162. The van der Waals surface area contributed by atoms with Crippen LogP contribution in [0.2, 0.25) is 19.6 Å². The van der Waals surface area contributed by atoms with Crippen molar-refractivity contribution in [1.82, 2.24) is 0 Å². The second-order valence-electron chi connectivity index (χ2n) is 6.54. The molecule has 2 saturated carbocycles. The molecule has 2 rings (SSSR count). The van der Waals surface area contributed by atoms with Gasteiger partial charge in [0.15, 0.2) is 0 Å². The Labute approximate surface area is 178 Å². The number of allylic oxidation sites excluding steroid dienone is 2. The fourth-order valence-electron chi connectivity index (χ4n) is 1.85. The maximum Gasteiger partial charge on any atom is 2.00 e. The molecule has 0 aromatic carbocycles. The van der Waals surface area contributed by atoms with Crippen molar-refractivity contribution in [2.75, 3.05) is 0 Å². The SMILES string of the molecule is C=CCCCC(=[C-][Si](C)(C)C)C(C)=[N-].[CH]1[CH][CH][CH][CH]1.[CH]1[CH][CH][CH][CH]1.[Zr+2]. The second-order valence-corrected chi connectivity index (χ2v) is 11.3. The summed E-state index contributed by atoms with van der Waals surface area (Å²) in [5, 5.41) is 9.49. The maximum absolute atomic E-state index is 9.49. The summed E-state index contributed by atoms with van der Waals surface area (Å²) in [6.45, 7) is 12.1. The smallest absolute Gasteiger partial charge is 0.908 e. The molecule has 25 heavy (non-hydrogen) atoms. The molecular weight excluding hydrogens is 398 g/mol. The van der Waals surface area contributed by atoms with Gasteiger partial charge in [0.25, 0.3) is 0 Å². The maximum atomic E-state index is 9.49. The van der Waals surface area contributed by atoms with E-state index >= 15 is 0 Å². The monoisotopic (exact) mass is 427 g/mol. The molecule has 0 amide bonds. The van der Waals surface area contributed by atoms with Gasteiger partial charge >= 0.3 is 26.2 Å². The topological polar surface area (TPSA) is 22.3 Å². The molecule has 0 saturated heterocycles. The van der Waals surface area contributed by atoms with Gasteiger partial charge in [0.2, 0.25) is 0 Å². The fourth-order valence-corrected chi connectivity index (χ4v) is 3.06. The molecule has 132 valence electrons. The van der Waals surface area contributed by atoms with Crippen LogP contribution in [0.3, 0.4) is 0 Å². The van der Waals surface area contributed by atoms with Crippen molar-refractivity contribution in [3.8, 4) is 0 Å². The number of hydrogen-bond donors (Lipinski definition) is 0. The Morgan fingerprint density at radius 3 is 1.52 bits per heavy atom. The third-order valence-electron chi connectivity index (χ3n) is 2.91. The summed E-state index contributed by atoms with van der Waals surface area (Å²) in [5.41, 5.74) is 4.88. The van der Waals surface area contributed by atoms with E-state index in [1.807, 2.05) is 70.3 Å². The van der Waals surface area contributed by atoms with Crippen LogP contribution in [0, 0.1) is 69.9 Å². The number of rotatable bonds is 6. The minimum Gasteiger partial charge on any atom is -0.908 e. The molecule has 2 aliphatic carbocycles. The van der Waals surface area contributed by atoms with Crippen LogP contribution in [0.15, 0.2) is 18.2 Å². The summed E-state index contributed by atoms with van der Waals surface area (Å²) in [7, 11) is -1.34. The Morgan fingerprint density at radius 1 is 0.920 bits per heavy atom. The molecule has 2 fully saturated rings. The molecule has 0 aliphatic heterocycles. The van der Waals surface area contributed by atoms with E-state index in [1.54, 1.807) is 6.92 Å². The van der Waals surface area contributed by atoms with Crippen LogP contribution < -0.4 is 0 Å². The second kappa shape index (κ2) is 17.7. The zero-order valence-corrected chi connectivity index (χ0v) is 19.6. The van der Waals surface area contributed by atoms with Gasteiger partial charge in [-0.15, -0.1) is 13.5 Å². The fraction of sp³-hybridized carbons (Fsp3) is 0.318. The van der Waals surface area contributed by atoms with Gasteiger partial charge in [0.1, 0.15) is 0 Å². The third kappa shape index (κ3) is 20.4. The Morgan fingerprint density at radius 2 is 1.28 bits per heavy atom. The average Bonchev–Trinajstić information content (AvgIpc) is 3.22. The molecule has 2 aliphatic rings. The molecule has 0 aromatic heterocycles. The van der Waals surface area contributed by atoms with Gasteiger partial charge in [-0.05, 0) is 85.1 Å². The summed E-state index contributed by atoms with van der Waals surface area (Å²) < 4.78 is 0. The van der Waals surface area contributed by atoms with E-state index in [9.17, 15) is 5.41 Å². The average molecular weight is 429 g/mol. The van der Waals surface area contributed by atoms with Crippen LogP contribution in [0.25, 0.3) is 5.41 Å². The first-order valence-electron chi connectivity index (χ1n) is 8.48. The van der Waals surface area contributed by atoms with E-state index in [-0.39, 0.29) is 26.2 Å². The van der Waals surface area contributed by atoms with Crippen molar-refractivity contribution in [3.05, 3.63) is 93.5 Å². The molecule has 0 bridgehead atoms. The van der Waals surface area contributed by atoms with Crippen molar-refractivity contribution in [1.29, 1.82) is 0 Å². The molecule has 1 nitrogen and oxygen atoms in total. The zero-order chi connectivity index (χ0) is 18.3. The normalized spacial score (nSPS) is 16.7. The van der Waals surface area contributed by atoms with Gasteiger partial charge in [-0.3, -0.25) is 5.70 Å². The zero-order valence-electron chi connectivity index (χ0n) is 16.1. The van der Waals surface area contributed by atoms with E-state index in [0.29, 0.717) is 5.71 Å². The van der Waals surface area contributed by atoms with Crippen molar-refractivity contribution in [2.45, 2.75) is 45.8 Å². The molecule has 0 N–H and O–H groups in total. The first-order chi connectivity index (χ1) is 11.4. The standard InChI is InChI=1S/C12H21NSi.2C5H5.Zr/c1-6-7-8-9-12(11(2)13)10-14(3,4)5;2*1-2-4-5-3-1;/h6H,1,7-9H2,2-5H3;2*1-5H;/q-2;;;+2. The molecule has 0 aromatic rings. The number of unbranched alkanes of at least 4 members (excludes halogenated alkanes) is 1. The predicted octanol–water partition coefficient (Wildman–Crippen LogP) is 6.02. The van der Waals surface area contributed by atoms with E-state index in [2.05, 4.69) is 31.9 Å². The Bertz CT molecular complexity index is 335. The predicted molar refractivity (Wildman–Crippen MR) is 111 cm³/mol. The first kappa shape index (κ1) is 27.5. The first-order valence-corrected chi connectivity index (χ1v) is 12.0. The summed E-state index contributed by atoms with van der Waals surface area (Å²) in [4.78, 5) is 0. The van der Waals surface area contributed by atoms with Gasteiger partial charge in [0, 0.05) is 0 Å². The number of hydrogen-bond acceptors (Lipinski definition) is 0. The van der Waals surface area contributed by atoms with Crippen LogP contribution in [0.4, 0.5) is 0 Å². The van der Waals surface area contributed by atoms with E-state index in [4.69, 9.17) is 0 Å². The molecule has 0 atom stereocenters. The van der Waals surface area contributed by atoms with Crippen molar-refractivity contribution >= 4 is 13.8 Å². The van der Waals surface area contributed by atoms with Crippen LogP contribution in [-0.4, -0.2) is 13.8 Å². The third-order valence-corrected chi connectivity index (χ3v) is 3.96. The number of nitrogens with zero attached hydrogens (tertiary/aromatic N) is 1. The summed E-state index contributed by atoms with van der Waals surface area (Å²) >= 11 is 0. The minimum atomic E-state index is -1.34. The molecule has 0 heterocycles. The Kier molecular flexibility index (Phi) is 19.4.